The van der Waals surface area contributed by atoms with Crippen LogP contribution >= 0.6 is 0 Å². The Kier molecular flexibility index (Phi) is 10.3. The van der Waals surface area contributed by atoms with E-state index in [1.165, 1.54) is 20.8 Å². The topological polar surface area (TPSA) is 108 Å². The maximum Gasteiger partial charge on any atom is 0.460 e. The quantitative estimate of drug-likeness (QED) is 0.105. The highest BCUT2D eigenvalue weighted by Crippen LogP contribution is 2.60. The molecule has 0 spiro atoms. The van der Waals surface area contributed by atoms with Crippen molar-refractivity contribution in [2.45, 2.75) is 75.5 Å². The summed E-state index contributed by atoms with van der Waals surface area (Å²) in [4.78, 5) is 40.2. The normalized spacial score (nSPS) is 18.8. The average molecular weight is 692 g/mol. The second-order valence-corrected chi connectivity index (χ2v) is 10.1. The summed E-state index contributed by atoms with van der Waals surface area (Å²) in [5.41, 5.74) is -2.57. The molecule has 0 aromatic heterocycles. The fourth-order valence-electron chi connectivity index (χ4n) is 4.23. The van der Waals surface area contributed by atoms with Gasteiger partial charge in [-0.25, -0.2) is 4.79 Å². The largest absolute Gasteiger partial charge is 0.462 e. The molecule has 1 aliphatic heterocycles. The van der Waals surface area contributed by atoms with Gasteiger partial charge >= 0.3 is 47.7 Å². The van der Waals surface area contributed by atoms with E-state index in [1.54, 1.807) is 0 Å². The number of carbonyl (C=O) groups is 2. The molecule has 8 nitrogen and oxygen atoms in total. The first-order valence-corrected chi connectivity index (χ1v) is 12.4. The summed E-state index contributed by atoms with van der Waals surface area (Å²) in [6, 6.07) is 3.87. The fourth-order valence-corrected chi connectivity index (χ4v) is 4.23. The minimum Gasteiger partial charge on any atom is -0.462 e. The number of hydrogen-bond donors (Lipinski definition) is 0. The van der Waals surface area contributed by atoms with Gasteiger partial charge in [0.25, 0.3) is 5.69 Å². The Morgan fingerprint density at radius 3 is 1.89 bits per heavy atom. The van der Waals surface area contributed by atoms with Crippen molar-refractivity contribution in [2.24, 2.45) is 10.9 Å². The Morgan fingerprint density at radius 1 is 0.891 bits per heavy atom. The third kappa shape index (κ3) is 6.49. The van der Waals surface area contributed by atoms with Gasteiger partial charge in [0.05, 0.1) is 16.6 Å². The molecule has 0 radical (unpaired) electrons. The van der Waals surface area contributed by atoms with Crippen molar-refractivity contribution in [1.82, 2.24) is 0 Å². The van der Waals surface area contributed by atoms with Gasteiger partial charge in [-0.3, -0.25) is 19.9 Å². The van der Waals surface area contributed by atoms with Crippen molar-refractivity contribution >= 4 is 23.3 Å². The van der Waals surface area contributed by atoms with E-state index in [-0.39, 0.29) is 11.3 Å². The molecule has 1 aromatic rings. The molecule has 21 heteroatoms. The molecule has 2 unspecified atom stereocenters. The van der Waals surface area contributed by atoms with Gasteiger partial charge in [-0.1, -0.05) is 12.1 Å². The van der Waals surface area contributed by atoms with E-state index >= 15 is 0 Å². The van der Waals surface area contributed by atoms with E-state index in [2.05, 4.69) is 9.73 Å². The standard InChI is InChI=1S/C25H21F13N2O6/c1-10(2)46-19(42)16-12(4)39-11(3)15(17(16)13-6-5-7-14(8-13)40(43)44)18(41)45-9-20(26,27)21(28,29)22(30,31)23(32,33)24(34,35)25(36,37)38/h5-8,10,16-17H,9H2,1-4H3. The molecule has 0 amide bonds. The number of esters is 2. The van der Waals surface area contributed by atoms with Gasteiger partial charge < -0.3 is 9.47 Å². The maximum atomic E-state index is 14.3. The molecule has 1 heterocycles. The van der Waals surface area contributed by atoms with Gasteiger partial charge in [-0.2, -0.15) is 57.1 Å². The number of hydrogen-bond acceptors (Lipinski definition) is 7. The van der Waals surface area contributed by atoms with Crippen LogP contribution in [0.2, 0.25) is 0 Å². The smallest absolute Gasteiger partial charge is 0.460 e. The molecule has 0 aliphatic carbocycles. The van der Waals surface area contributed by atoms with Crippen LogP contribution in [0.5, 0.6) is 0 Å². The predicted octanol–water partition coefficient (Wildman–Crippen LogP) is 7.28. The van der Waals surface area contributed by atoms with Gasteiger partial charge in [-0.05, 0) is 33.3 Å². The number of nitro groups is 1. The van der Waals surface area contributed by atoms with Gasteiger partial charge in [0.15, 0.2) is 6.61 Å². The number of aliphatic imine (C=N–C) groups is 1. The van der Waals surface area contributed by atoms with Crippen LogP contribution in [-0.4, -0.2) is 71.1 Å². The highest BCUT2D eigenvalue weighted by atomic mass is 19.4. The molecule has 0 fully saturated rings. The Bertz CT molecular complexity index is 1440. The zero-order valence-corrected chi connectivity index (χ0v) is 23.5. The predicted molar refractivity (Wildman–Crippen MR) is 128 cm³/mol. The maximum absolute atomic E-state index is 14.3. The van der Waals surface area contributed by atoms with Crippen LogP contribution in [0.25, 0.3) is 0 Å². The SMILES string of the molecule is CC1=NC(C)=C(C(=O)OCC(F)(F)C(F)(F)C(F)(F)C(F)(F)C(F)(F)C(F)(F)F)C(c2cccc([N+](=O)[O-])c2)C1C(=O)OC(C)C. The van der Waals surface area contributed by atoms with Crippen LogP contribution in [0, 0.1) is 16.0 Å². The van der Waals surface area contributed by atoms with Crippen molar-refractivity contribution in [2.75, 3.05) is 6.61 Å². The highest BCUT2D eigenvalue weighted by Gasteiger charge is 2.90. The summed E-state index contributed by atoms with van der Waals surface area (Å²) in [5, 5.41) is 11.3. The first-order valence-electron chi connectivity index (χ1n) is 12.4. The van der Waals surface area contributed by atoms with Gasteiger partial charge in [0.1, 0.15) is 5.92 Å². The molecule has 1 aromatic carbocycles. The van der Waals surface area contributed by atoms with Crippen LogP contribution < -0.4 is 0 Å². The van der Waals surface area contributed by atoms with Gasteiger partial charge in [0.2, 0.25) is 0 Å². The zero-order valence-electron chi connectivity index (χ0n) is 23.5. The lowest BCUT2D eigenvalue weighted by molar-refractivity contribution is -0.441. The number of carbonyl (C=O) groups excluding carboxylic acids is 2. The summed E-state index contributed by atoms with van der Waals surface area (Å²) in [6.07, 6.45) is -8.44. The summed E-state index contributed by atoms with van der Waals surface area (Å²) in [5.74, 6) is -45.5. The molecule has 46 heavy (non-hydrogen) atoms. The fraction of sp³-hybridized carbons (Fsp3) is 0.560. The first-order chi connectivity index (χ1) is 20.6. The number of non-ortho nitro benzene ring substituents is 1. The Balaban J connectivity index is 2.59. The van der Waals surface area contributed by atoms with E-state index in [4.69, 9.17) is 4.74 Å². The van der Waals surface area contributed by atoms with E-state index in [1.807, 2.05) is 0 Å². The monoisotopic (exact) mass is 692 g/mol. The number of halogens is 13. The van der Waals surface area contributed by atoms with E-state index in [0.29, 0.717) is 0 Å². The average Bonchev–Trinajstić information content (AvgIpc) is 2.89. The Labute approximate surface area is 249 Å². The zero-order chi connectivity index (χ0) is 36.0. The molecule has 2 atom stereocenters. The molecular weight excluding hydrogens is 671 g/mol. The lowest BCUT2D eigenvalue weighted by atomic mass is 9.75. The number of alkyl halides is 13. The van der Waals surface area contributed by atoms with Crippen LogP contribution in [0.4, 0.5) is 62.8 Å². The number of ether oxygens (including phenoxy) is 2. The highest BCUT2D eigenvalue weighted by molar-refractivity contribution is 6.07. The number of nitrogens with zero attached hydrogens (tertiary/aromatic N) is 2. The second kappa shape index (κ2) is 12.3. The lowest BCUT2D eigenvalue weighted by Crippen LogP contribution is -2.70. The van der Waals surface area contributed by atoms with Crippen LogP contribution in [0.3, 0.4) is 0 Å². The van der Waals surface area contributed by atoms with Crippen molar-refractivity contribution < 1.29 is 81.1 Å². The molecule has 0 saturated heterocycles. The Hall–Kier alpha value is -3.94. The molecule has 258 valence electrons. The van der Waals surface area contributed by atoms with Crippen LogP contribution in [0.15, 0.2) is 40.5 Å². The summed E-state index contributed by atoms with van der Waals surface area (Å²) in [6.45, 7) is 1.62. The van der Waals surface area contributed by atoms with Crippen molar-refractivity contribution in [3.63, 3.8) is 0 Å². The van der Waals surface area contributed by atoms with E-state index in [9.17, 15) is 76.8 Å². The molecule has 0 N–H and O–H groups in total. The first kappa shape index (κ1) is 38.2. The molecule has 1 aliphatic rings. The second-order valence-electron chi connectivity index (χ2n) is 10.1. The van der Waals surface area contributed by atoms with Gasteiger partial charge in [0, 0.05) is 29.5 Å². The van der Waals surface area contributed by atoms with E-state index in [0.717, 1.165) is 31.2 Å². The number of allylic oxidation sites excluding steroid dienone is 1. The van der Waals surface area contributed by atoms with Crippen molar-refractivity contribution in [1.29, 1.82) is 0 Å². The third-order valence-corrected chi connectivity index (χ3v) is 6.48. The third-order valence-electron chi connectivity index (χ3n) is 6.48. The molecule has 0 bridgehead atoms. The minimum absolute atomic E-state index is 0.138. The molecule has 2 rings (SSSR count). The molecular formula is C25H21F13N2O6. The van der Waals surface area contributed by atoms with Crippen LogP contribution in [0.1, 0.15) is 39.2 Å². The summed E-state index contributed by atoms with van der Waals surface area (Å²) >= 11 is 0. The number of rotatable bonds is 11. The lowest BCUT2D eigenvalue weighted by Gasteiger charge is -2.39. The van der Waals surface area contributed by atoms with Gasteiger partial charge in [-0.15, -0.1) is 0 Å². The van der Waals surface area contributed by atoms with Crippen molar-refractivity contribution in [3.8, 4) is 0 Å². The number of benzene rings is 1. The number of nitro benzene ring substituents is 1. The van der Waals surface area contributed by atoms with E-state index < -0.39 is 94.2 Å². The molecule has 0 saturated carbocycles. The summed E-state index contributed by atoms with van der Waals surface area (Å²) < 4.78 is 184. The van der Waals surface area contributed by atoms with Crippen LogP contribution in [-0.2, 0) is 19.1 Å². The minimum atomic E-state index is -8.15. The Morgan fingerprint density at radius 2 is 1.41 bits per heavy atom. The van der Waals surface area contributed by atoms with Crippen molar-refractivity contribution in [3.05, 3.63) is 51.2 Å². The summed E-state index contributed by atoms with van der Waals surface area (Å²) in [7, 11) is 0.